The van der Waals surface area contributed by atoms with Crippen LogP contribution in [0.1, 0.15) is 20.8 Å². The lowest BCUT2D eigenvalue weighted by Crippen LogP contribution is -2.49. The predicted octanol–water partition coefficient (Wildman–Crippen LogP) is 0.601. The third kappa shape index (κ3) is 2.21. The van der Waals surface area contributed by atoms with E-state index in [1.165, 1.54) is 19.3 Å². The number of rotatable bonds is 1. The number of ether oxygens (including phenoxy) is 2. The van der Waals surface area contributed by atoms with E-state index in [2.05, 4.69) is 0 Å². The van der Waals surface area contributed by atoms with Crippen molar-refractivity contribution in [3.8, 4) is 0 Å². The fourth-order valence-corrected chi connectivity index (χ4v) is 1.34. The zero-order valence-corrected chi connectivity index (χ0v) is 7.98. The van der Waals surface area contributed by atoms with E-state index in [0.29, 0.717) is 0 Å². The molecule has 1 heterocycles. The second kappa shape index (κ2) is 3.38. The Morgan fingerprint density at radius 3 is 2.77 bits per heavy atom. The molecule has 4 heteroatoms. The Morgan fingerprint density at radius 2 is 2.31 bits per heavy atom. The lowest BCUT2D eigenvalue weighted by atomic mass is 9.93. The van der Waals surface area contributed by atoms with Crippen LogP contribution in [0.2, 0.25) is 0 Å². The summed E-state index contributed by atoms with van der Waals surface area (Å²) in [5.41, 5.74) is -1.15. The molecule has 0 saturated carbocycles. The molecule has 1 aliphatic rings. The zero-order chi connectivity index (χ0) is 10.1. The summed E-state index contributed by atoms with van der Waals surface area (Å²) in [6.45, 7) is 4.63. The Bertz CT molecular complexity index is 232. The molecule has 0 radical (unpaired) electrons. The Hall–Kier alpha value is -1.03. The van der Waals surface area contributed by atoms with Gasteiger partial charge in [-0.25, -0.2) is 0 Å². The summed E-state index contributed by atoms with van der Waals surface area (Å²) < 4.78 is 10.1. The van der Waals surface area contributed by atoms with E-state index < -0.39 is 17.7 Å². The topological polar surface area (TPSA) is 55.8 Å². The number of hydrogen-bond acceptors (Lipinski definition) is 4. The highest BCUT2D eigenvalue weighted by Crippen LogP contribution is 2.24. The van der Waals surface area contributed by atoms with E-state index in [1.807, 2.05) is 0 Å². The SMILES string of the molecule is CC(=O)O[C@H]1[C@H](C)OC=C[C@@]1(C)O. The van der Waals surface area contributed by atoms with Gasteiger partial charge in [-0.05, 0) is 19.9 Å². The van der Waals surface area contributed by atoms with Crippen LogP contribution in [0, 0.1) is 0 Å². The quantitative estimate of drug-likeness (QED) is 0.609. The summed E-state index contributed by atoms with van der Waals surface area (Å²) >= 11 is 0. The lowest BCUT2D eigenvalue weighted by molar-refractivity contribution is -0.172. The van der Waals surface area contributed by atoms with E-state index in [4.69, 9.17) is 9.47 Å². The van der Waals surface area contributed by atoms with Crippen LogP contribution in [-0.2, 0) is 14.3 Å². The van der Waals surface area contributed by atoms with Crippen LogP contribution in [0.4, 0.5) is 0 Å². The van der Waals surface area contributed by atoms with Crippen LogP contribution < -0.4 is 0 Å². The first-order chi connectivity index (χ1) is 5.93. The van der Waals surface area contributed by atoms with Gasteiger partial charge < -0.3 is 14.6 Å². The van der Waals surface area contributed by atoms with Gasteiger partial charge in [0.2, 0.25) is 0 Å². The third-order valence-corrected chi connectivity index (χ3v) is 1.99. The number of carbonyl (C=O) groups is 1. The molecular weight excluding hydrogens is 172 g/mol. The average molecular weight is 186 g/mol. The monoisotopic (exact) mass is 186 g/mol. The van der Waals surface area contributed by atoms with Crippen LogP contribution >= 0.6 is 0 Å². The van der Waals surface area contributed by atoms with Crippen molar-refractivity contribution >= 4 is 5.97 Å². The van der Waals surface area contributed by atoms with Crippen molar-refractivity contribution in [2.45, 2.75) is 38.6 Å². The van der Waals surface area contributed by atoms with E-state index in [1.54, 1.807) is 13.8 Å². The van der Waals surface area contributed by atoms with Gasteiger partial charge in [-0.15, -0.1) is 0 Å². The summed E-state index contributed by atoms with van der Waals surface area (Å²) in [6.07, 6.45) is 1.92. The molecule has 0 aromatic heterocycles. The fourth-order valence-electron chi connectivity index (χ4n) is 1.34. The predicted molar refractivity (Wildman–Crippen MR) is 45.9 cm³/mol. The Kier molecular flexibility index (Phi) is 2.61. The summed E-state index contributed by atoms with van der Waals surface area (Å²) in [5, 5.41) is 9.81. The Morgan fingerprint density at radius 1 is 1.69 bits per heavy atom. The summed E-state index contributed by atoms with van der Waals surface area (Å²) in [4.78, 5) is 10.7. The molecule has 3 atom stereocenters. The van der Waals surface area contributed by atoms with Crippen LogP contribution in [0.15, 0.2) is 12.3 Å². The molecule has 4 nitrogen and oxygen atoms in total. The van der Waals surface area contributed by atoms with Gasteiger partial charge in [0.25, 0.3) is 0 Å². The molecule has 0 aromatic rings. The van der Waals surface area contributed by atoms with E-state index in [0.717, 1.165) is 0 Å². The molecule has 0 amide bonds. The van der Waals surface area contributed by atoms with Gasteiger partial charge >= 0.3 is 5.97 Å². The van der Waals surface area contributed by atoms with Crippen molar-refractivity contribution in [3.63, 3.8) is 0 Å². The highest BCUT2D eigenvalue weighted by Gasteiger charge is 2.40. The van der Waals surface area contributed by atoms with Crippen molar-refractivity contribution in [3.05, 3.63) is 12.3 Å². The second-order valence-electron chi connectivity index (χ2n) is 3.40. The second-order valence-corrected chi connectivity index (χ2v) is 3.40. The minimum atomic E-state index is -1.15. The first-order valence-electron chi connectivity index (χ1n) is 4.16. The minimum Gasteiger partial charge on any atom is -0.495 e. The van der Waals surface area contributed by atoms with Crippen molar-refractivity contribution in [2.24, 2.45) is 0 Å². The maximum Gasteiger partial charge on any atom is 0.303 e. The van der Waals surface area contributed by atoms with Crippen molar-refractivity contribution in [2.75, 3.05) is 0 Å². The molecule has 1 rings (SSSR count). The molecule has 0 aliphatic carbocycles. The molecule has 13 heavy (non-hydrogen) atoms. The molecule has 0 bridgehead atoms. The Labute approximate surface area is 77.1 Å². The van der Waals surface area contributed by atoms with E-state index in [-0.39, 0.29) is 6.10 Å². The van der Waals surface area contributed by atoms with Crippen molar-refractivity contribution in [1.82, 2.24) is 0 Å². The molecule has 74 valence electrons. The van der Waals surface area contributed by atoms with Gasteiger partial charge in [0.05, 0.1) is 6.26 Å². The molecule has 0 aromatic carbocycles. The zero-order valence-electron chi connectivity index (χ0n) is 7.98. The fraction of sp³-hybridized carbons (Fsp3) is 0.667. The molecule has 0 saturated heterocycles. The van der Waals surface area contributed by atoms with Gasteiger partial charge in [-0.2, -0.15) is 0 Å². The Balaban J connectivity index is 2.78. The average Bonchev–Trinajstić information content (AvgIpc) is 1.96. The standard InChI is InChI=1S/C9H14O4/c1-6-8(13-7(2)10)9(3,11)4-5-12-6/h4-6,8,11H,1-3H3/t6-,8-,9+/m0/s1. The number of carbonyl (C=O) groups excluding carboxylic acids is 1. The van der Waals surface area contributed by atoms with Crippen LogP contribution in [0.3, 0.4) is 0 Å². The number of esters is 1. The van der Waals surface area contributed by atoms with Gasteiger partial charge in [-0.3, -0.25) is 4.79 Å². The first-order valence-corrected chi connectivity index (χ1v) is 4.16. The molecule has 0 spiro atoms. The minimum absolute atomic E-state index is 0.330. The van der Waals surface area contributed by atoms with E-state index >= 15 is 0 Å². The molecule has 0 fully saturated rings. The van der Waals surface area contributed by atoms with Crippen LogP contribution in [0.25, 0.3) is 0 Å². The summed E-state index contributed by atoms with van der Waals surface area (Å²) in [6, 6.07) is 0. The molecule has 0 unspecified atom stereocenters. The van der Waals surface area contributed by atoms with Gasteiger partial charge in [-0.1, -0.05) is 0 Å². The maximum atomic E-state index is 10.7. The molecule has 1 aliphatic heterocycles. The van der Waals surface area contributed by atoms with Gasteiger partial charge in [0.1, 0.15) is 11.7 Å². The van der Waals surface area contributed by atoms with Gasteiger partial charge in [0.15, 0.2) is 6.10 Å². The third-order valence-electron chi connectivity index (χ3n) is 1.99. The van der Waals surface area contributed by atoms with Crippen molar-refractivity contribution in [1.29, 1.82) is 0 Å². The molecular formula is C9H14O4. The number of hydrogen-bond donors (Lipinski definition) is 1. The van der Waals surface area contributed by atoms with Crippen LogP contribution in [-0.4, -0.2) is 28.9 Å². The van der Waals surface area contributed by atoms with Crippen LogP contribution in [0.5, 0.6) is 0 Å². The normalized spacial score (nSPS) is 38.2. The summed E-state index contributed by atoms with van der Waals surface area (Å²) in [7, 11) is 0. The number of aliphatic hydroxyl groups is 1. The largest absolute Gasteiger partial charge is 0.495 e. The van der Waals surface area contributed by atoms with Gasteiger partial charge in [0, 0.05) is 6.92 Å². The highest BCUT2D eigenvalue weighted by atomic mass is 16.6. The smallest absolute Gasteiger partial charge is 0.303 e. The lowest BCUT2D eigenvalue weighted by Gasteiger charge is -2.36. The molecule has 1 N–H and O–H groups in total. The van der Waals surface area contributed by atoms with Crippen molar-refractivity contribution < 1.29 is 19.4 Å². The first kappa shape index (κ1) is 10.1. The summed E-state index contributed by atoms with van der Waals surface area (Å²) in [5.74, 6) is -0.420. The highest BCUT2D eigenvalue weighted by molar-refractivity contribution is 5.66. The maximum absolute atomic E-state index is 10.7. The van der Waals surface area contributed by atoms with E-state index in [9.17, 15) is 9.90 Å².